The molecule has 1 aliphatic carbocycles. The van der Waals surface area contributed by atoms with Crippen molar-refractivity contribution in [1.82, 2.24) is 0 Å². The summed E-state index contributed by atoms with van der Waals surface area (Å²) in [5.41, 5.74) is 15.3. The summed E-state index contributed by atoms with van der Waals surface area (Å²) in [6, 6.07) is 68.6. The molecule has 260 valence electrons. The number of rotatable bonds is 5. The molecule has 2 heteroatoms. The van der Waals surface area contributed by atoms with Gasteiger partial charge in [0.25, 0.3) is 0 Å². The predicted molar refractivity (Wildman–Crippen MR) is 232 cm³/mol. The fourth-order valence-electron chi connectivity index (χ4n) is 9.06. The number of furan rings is 1. The number of hydrogen-bond acceptors (Lipinski definition) is 2. The molecule has 0 amide bonds. The molecular weight excluding hydrogens is 667 g/mol. The van der Waals surface area contributed by atoms with Crippen LogP contribution in [0.5, 0.6) is 0 Å². The molecular formula is C53H37NO. The zero-order valence-electron chi connectivity index (χ0n) is 30.8. The zero-order valence-corrected chi connectivity index (χ0v) is 30.8. The second kappa shape index (κ2) is 12.1. The van der Waals surface area contributed by atoms with Gasteiger partial charge in [0.1, 0.15) is 11.2 Å². The van der Waals surface area contributed by atoms with Gasteiger partial charge in [-0.25, -0.2) is 0 Å². The van der Waals surface area contributed by atoms with E-state index in [0.29, 0.717) is 0 Å². The van der Waals surface area contributed by atoms with Crippen LogP contribution in [0.3, 0.4) is 0 Å². The number of fused-ring (bicyclic) bond motifs is 8. The van der Waals surface area contributed by atoms with Gasteiger partial charge in [-0.05, 0) is 115 Å². The van der Waals surface area contributed by atoms with Crippen LogP contribution in [-0.2, 0) is 5.41 Å². The van der Waals surface area contributed by atoms with E-state index in [2.05, 4.69) is 195 Å². The lowest BCUT2D eigenvalue weighted by Crippen LogP contribution is -2.16. The fraction of sp³-hybridized carbons (Fsp3) is 0.0566. The summed E-state index contributed by atoms with van der Waals surface area (Å²) in [5.74, 6) is 0. The normalized spacial score (nSPS) is 13.1. The second-order valence-corrected chi connectivity index (χ2v) is 15.3. The molecule has 0 bridgehead atoms. The largest absolute Gasteiger partial charge is 0.456 e. The number of anilines is 3. The monoisotopic (exact) mass is 703 g/mol. The summed E-state index contributed by atoms with van der Waals surface area (Å²) >= 11 is 0. The Balaban J connectivity index is 1.05. The molecule has 0 saturated heterocycles. The van der Waals surface area contributed by atoms with Gasteiger partial charge >= 0.3 is 0 Å². The van der Waals surface area contributed by atoms with Gasteiger partial charge in [-0.15, -0.1) is 0 Å². The third-order valence-electron chi connectivity index (χ3n) is 11.8. The van der Waals surface area contributed by atoms with E-state index < -0.39 is 0 Å². The summed E-state index contributed by atoms with van der Waals surface area (Å²) < 4.78 is 6.24. The number of nitrogens with zero attached hydrogens (tertiary/aromatic N) is 1. The maximum atomic E-state index is 6.24. The van der Waals surface area contributed by atoms with Gasteiger partial charge in [0, 0.05) is 33.1 Å². The number of hydrogen-bond donors (Lipinski definition) is 0. The van der Waals surface area contributed by atoms with E-state index in [1.54, 1.807) is 0 Å². The molecule has 55 heavy (non-hydrogen) atoms. The Hall–Kier alpha value is -6.90. The predicted octanol–water partition coefficient (Wildman–Crippen LogP) is 15.0. The molecule has 1 aliphatic rings. The molecule has 11 rings (SSSR count). The van der Waals surface area contributed by atoms with E-state index in [1.807, 2.05) is 12.1 Å². The highest BCUT2D eigenvalue weighted by atomic mass is 16.3. The van der Waals surface area contributed by atoms with E-state index >= 15 is 0 Å². The standard InChI is InChI=1S/C53H37NO/c1-53(2)47-17-7-5-15-44(47)52-48(53)18-10-19-49(52)54(40-27-23-35(24-28-40)38-22-21-34-11-3-4-12-37(34)31-38)41-29-25-36(26-30-41)42-16-9-13-39-32-51-46(33-45(39)42)43-14-6-8-20-50(43)55-51/h3-33H,1-2H3. The van der Waals surface area contributed by atoms with Crippen LogP contribution in [0.4, 0.5) is 17.1 Å². The molecule has 10 aromatic rings. The van der Waals surface area contributed by atoms with Gasteiger partial charge in [0.2, 0.25) is 0 Å². The van der Waals surface area contributed by atoms with E-state index in [-0.39, 0.29) is 5.41 Å². The van der Waals surface area contributed by atoms with Crippen molar-refractivity contribution >= 4 is 60.5 Å². The lowest BCUT2D eigenvalue weighted by atomic mass is 9.82. The van der Waals surface area contributed by atoms with Crippen LogP contribution in [0.1, 0.15) is 25.0 Å². The Bertz CT molecular complexity index is 3110. The Labute approximate surface area is 320 Å². The van der Waals surface area contributed by atoms with Crippen LogP contribution in [0.2, 0.25) is 0 Å². The topological polar surface area (TPSA) is 16.4 Å². The molecule has 1 heterocycles. The highest BCUT2D eigenvalue weighted by Gasteiger charge is 2.37. The van der Waals surface area contributed by atoms with E-state index in [4.69, 9.17) is 4.42 Å². The van der Waals surface area contributed by atoms with Crippen molar-refractivity contribution < 1.29 is 4.42 Å². The third kappa shape index (κ3) is 4.95. The molecule has 0 radical (unpaired) electrons. The maximum absolute atomic E-state index is 6.24. The Kier molecular flexibility index (Phi) is 6.93. The van der Waals surface area contributed by atoms with Crippen molar-refractivity contribution in [2.45, 2.75) is 19.3 Å². The van der Waals surface area contributed by atoms with Crippen molar-refractivity contribution in [1.29, 1.82) is 0 Å². The van der Waals surface area contributed by atoms with E-state index in [9.17, 15) is 0 Å². The number of para-hydroxylation sites is 1. The lowest BCUT2D eigenvalue weighted by Gasteiger charge is -2.29. The van der Waals surface area contributed by atoms with Crippen LogP contribution in [-0.4, -0.2) is 0 Å². The highest BCUT2D eigenvalue weighted by Crippen LogP contribution is 2.54. The maximum Gasteiger partial charge on any atom is 0.136 e. The minimum Gasteiger partial charge on any atom is -0.456 e. The molecule has 0 atom stereocenters. The van der Waals surface area contributed by atoms with Gasteiger partial charge in [-0.3, -0.25) is 0 Å². The van der Waals surface area contributed by atoms with Gasteiger partial charge in [-0.1, -0.05) is 147 Å². The minimum absolute atomic E-state index is 0.0997. The summed E-state index contributed by atoms with van der Waals surface area (Å²) in [6.07, 6.45) is 0. The van der Waals surface area contributed by atoms with Crippen LogP contribution in [0.25, 0.3) is 76.9 Å². The van der Waals surface area contributed by atoms with Gasteiger partial charge < -0.3 is 9.32 Å². The van der Waals surface area contributed by atoms with Crippen molar-refractivity contribution in [3.63, 3.8) is 0 Å². The first-order valence-electron chi connectivity index (χ1n) is 19.1. The van der Waals surface area contributed by atoms with Crippen LogP contribution < -0.4 is 4.90 Å². The van der Waals surface area contributed by atoms with Crippen LogP contribution in [0.15, 0.2) is 192 Å². The smallest absolute Gasteiger partial charge is 0.136 e. The van der Waals surface area contributed by atoms with Crippen LogP contribution in [0, 0.1) is 0 Å². The molecule has 0 aliphatic heterocycles. The molecule has 9 aromatic carbocycles. The van der Waals surface area contributed by atoms with Gasteiger partial charge in [0.15, 0.2) is 0 Å². The first-order valence-corrected chi connectivity index (χ1v) is 19.1. The van der Waals surface area contributed by atoms with Crippen molar-refractivity contribution in [2.75, 3.05) is 4.90 Å². The third-order valence-corrected chi connectivity index (χ3v) is 11.8. The first kappa shape index (κ1) is 31.6. The van der Waals surface area contributed by atoms with Crippen molar-refractivity contribution in [3.8, 4) is 33.4 Å². The summed E-state index contributed by atoms with van der Waals surface area (Å²) in [7, 11) is 0. The Morgan fingerprint density at radius 3 is 1.87 bits per heavy atom. The van der Waals surface area contributed by atoms with E-state index in [1.165, 1.54) is 71.7 Å². The molecule has 2 nitrogen and oxygen atoms in total. The quantitative estimate of drug-likeness (QED) is 0.177. The molecule has 0 N–H and O–H groups in total. The van der Waals surface area contributed by atoms with Crippen LogP contribution >= 0.6 is 0 Å². The first-order chi connectivity index (χ1) is 27.0. The zero-order chi connectivity index (χ0) is 36.7. The fourth-order valence-corrected chi connectivity index (χ4v) is 9.06. The minimum atomic E-state index is -0.0997. The Morgan fingerprint density at radius 2 is 1.04 bits per heavy atom. The SMILES string of the molecule is CC1(C)c2ccccc2-c2c(N(c3ccc(-c4ccc5ccccc5c4)cc3)c3ccc(-c4cccc5cc6oc7ccccc7c6cc45)cc3)cccc21. The average Bonchev–Trinajstić information content (AvgIpc) is 3.71. The lowest BCUT2D eigenvalue weighted by molar-refractivity contribution is 0.660. The van der Waals surface area contributed by atoms with Gasteiger partial charge in [0.05, 0.1) is 5.69 Å². The second-order valence-electron chi connectivity index (χ2n) is 15.3. The van der Waals surface area contributed by atoms with Crippen molar-refractivity contribution in [3.05, 3.63) is 199 Å². The highest BCUT2D eigenvalue weighted by molar-refractivity contribution is 6.12. The molecule has 0 unspecified atom stereocenters. The van der Waals surface area contributed by atoms with E-state index in [0.717, 1.165) is 33.3 Å². The van der Waals surface area contributed by atoms with Crippen molar-refractivity contribution in [2.24, 2.45) is 0 Å². The molecule has 1 aromatic heterocycles. The average molecular weight is 704 g/mol. The molecule has 0 fully saturated rings. The molecule has 0 saturated carbocycles. The Morgan fingerprint density at radius 1 is 0.400 bits per heavy atom. The molecule has 0 spiro atoms. The summed E-state index contributed by atoms with van der Waals surface area (Å²) in [6.45, 7) is 4.70. The summed E-state index contributed by atoms with van der Waals surface area (Å²) in [5, 5.41) is 7.18. The van der Waals surface area contributed by atoms with Gasteiger partial charge in [-0.2, -0.15) is 0 Å². The number of benzene rings is 9. The summed E-state index contributed by atoms with van der Waals surface area (Å²) in [4.78, 5) is 2.44.